The number of aromatic nitrogens is 2. The van der Waals surface area contributed by atoms with Gasteiger partial charge in [0, 0.05) is 37.4 Å². The quantitative estimate of drug-likeness (QED) is 0.877. The Kier molecular flexibility index (Phi) is 4.68. The third-order valence-corrected chi connectivity index (χ3v) is 5.54. The zero-order valence-corrected chi connectivity index (χ0v) is 14.2. The second-order valence-corrected chi connectivity index (χ2v) is 7.47. The molecule has 0 aliphatic carbocycles. The Balaban J connectivity index is 1.64. The number of sulfonamides is 1. The molecule has 1 fully saturated rings. The molecule has 1 aliphatic heterocycles. The fraction of sp³-hybridized carbons (Fsp3) is 0.375. The van der Waals surface area contributed by atoms with Gasteiger partial charge in [-0.1, -0.05) is 18.2 Å². The van der Waals surface area contributed by atoms with Crippen molar-refractivity contribution >= 4 is 15.9 Å². The molecular weight excluding hydrogens is 328 g/mol. The van der Waals surface area contributed by atoms with Gasteiger partial charge in [0.25, 0.3) is 5.91 Å². The Hall–Kier alpha value is -2.19. The number of carbonyl (C=O) groups is 1. The first-order valence-corrected chi connectivity index (χ1v) is 9.37. The van der Waals surface area contributed by atoms with Crippen LogP contribution in [0.3, 0.4) is 0 Å². The van der Waals surface area contributed by atoms with Crippen LogP contribution in [0.15, 0.2) is 47.6 Å². The molecule has 0 saturated carbocycles. The molecule has 0 radical (unpaired) electrons. The molecule has 0 spiro atoms. The molecule has 1 aromatic carbocycles. The van der Waals surface area contributed by atoms with E-state index in [2.05, 4.69) is 9.82 Å². The van der Waals surface area contributed by atoms with Crippen LogP contribution in [-0.2, 0) is 16.6 Å². The summed E-state index contributed by atoms with van der Waals surface area (Å²) in [6.45, 7) is 3.41. The summed E-state index contributed by atoms with van der Waals surface area (Å²) >= 11 is 0. The van der Waals surface area contributed by atoms with Crippen LogP contribution in [0.2, 0.25) is 0 Å². The zero-order chi connectivity index (χ0) is 17.2. The highest BCUT2D eigenvalue weighted by molar-refractivity contribution is 7.89. The summed E-state index contributed by atoms with van der Waals surface area (Å²) in [7, 11) is -3.62. The number of hydrogen-bond acceptors (Lipinski definition) is 4. The fourth-order valence-electron chi connectivity index (χ4n) is 2.75. The first-order chi connectivity index (χ1) is 11.5. The number of carbonyl (C=O) groups excluding carboxylic acids is 1. The largest absolute Gasteiger partial charge is 0.337 e. The van der Waals surface area contributed by atoms with Crippen LogP contribution in [-0.4, -0.2) is 48.1 Å². The number of rotatable bonds is 5. The van der Waals surface area contributed by atoms with Crippen molar-refractivity contribution in [3.63, 3.8) is 0 Å². The van der Waals surface area contributed by atoms with Crippen molar-refractivity contribution in [2.24, 2.45) is 0 Å². The number of aryl methyl sites for hydroxylation is 1. The van der Waals surface area contributed by atoms with Crippen LogP contribution in [0.4, 0.5) is 0 Å². The first-order valence-electron chi connectivity index (χ1n) is 7.88. The van der Waals surface area contributed by atoms with Gasteiger partial charge >= 0.3 is 0 Å². The molecule has 0 bridgehead atoms. The zero-order valence-electron chi connectivity index (χ0n) is 13.4. The molecule has 3 rings (SSSR count). The molecular formula is C16H20N4O3S. The lowest BCUT2D eigenvalue weighted by molar-refractivity contribution is 0.0790. The van der Waals surface area contributed by atoms with Gasteiger partial charge in [-0.3, -0.25) is 9.48 Å². The SMILES string of the molecule is CCn1cc(S(=O)(=O)NC2CCN(C(=O)c3ccccc3)C2)cn1. The maximum atomic E-state index is 12.4. The first kappa shape index (κ1) is 16.7. The monoisotopic (exact) mass is 348 g/mol. The molecule has 1 saturated heterocycles. The summed E-state index contributed by atoms with van der Waals surface area (Å²) < 4.78 is 29.0. The molecule has 1 aromatic heterocycles. The predicted octanol–water partition coefficient (Wildman–Crippen LogP) is 1.10. The van der Waals surface area contributed by atoms with Gasteiger partial charge in [-0.15, -0.1) is 0 Å². The van der Waals surface area contributed by atoms with E-state index in [0.717, 1.165) is 0 Å². The molecule has 7 nitrogen and oxygen atoms in total. The normalized spacial score (nSPS) is 18.0. The van der Waals surface area contributed by atoms with Gasteiger partial charge < -0.3 is 4.90 Å². The lowest BCUT2D eigenvalue weighted by atomic mass is 10.2. The van der Waals surface area contributed by atoms with Crippen LogP contribution < -0.4 is 4.72 Å². The van der Waals surface area contributed by atoms with Crippen LogP contribution in [0.25, 0.3) is 0 Å². The summed E-state index contributed by atoms with van der Waals surface area (Å²) in [6.07, 6.45) is 3.44. The van der Waals surface area contributed by atoms with E-state index in [-0.39, 0.29) is 16.8 Å². The molecule has 8 heteroatoms. The van der Waals surface area contributed by atoms with Gasteiger partial charge in [-0.2, -0.15) is 5.10 Å². The second-order valence-electron chi connectivity index (χ2n) is 5.76. The van der Waals surface area contributed by atoms with Crippen LogP contribution in [0.1, 0.15) is 23.7 Å². The van der Waals surface area contributed by atoms with Gasteiger partial charge in [0.1, 0.15) is 4.90 Å². The molecule has 24 heavy (non-hydrogen) atoms. The molecule has 1 aliphatic rings. The van der Waals surface area contributed by atoms with E-state index in [0.29, 0.717) is 31.6 Å². The standard InChI is InChI=1S/C16H20N4O3S/c1-2-20-12-15(10-17-20)24(22,23)18-14-8-9-19(11-14)16(21)13-6-4-3-5-7-13/h3-7,10,12,14,18H,2,8-9,11H2,1H3. The topological polar surface area (TPSA) is 84.3 Å². The fourth-order valence-corrected chi connectivity index (χ4v) is 3.96. The maximum Gasteiger partial charge on any atom is 0.253 e. The van der Waals surface area contributed by atoms with E-state index in [1.165, 1.54) is 12.4 Å². The van der Waals surface area contributed by atoms with E-state index in [1.807, 2.05) is 25.1 Å². The minimum Gasteiger partial charge on any atom is -0.337 e. The van der Waals surface area contributed by atoms with Gasteiger partial charge in [0.15, 0.2) is 0 Å². The number of nitrogens with one attached hydrogen (secondary N) is 1. The highest BCUT2D eigenvalue weighted by atomic mass is 32.2. The molecule has 128 valence electrons. The summed E-state index contributed by atoms with van der Waals surface area (Å²) in [4.78, 5) is 14.2. The Morgan fingerprint density at radius 2 is 2.08 bits per heavy atom. The van der Waals surface area contributed by atoms with Gasteiger partial charge in [0.2, 0.25) is 10.0 Å². The highest BCUT2D eigenvalue weighted by Crippen LogP contribution is 2.16. The number of hydrogen-bond donors (Lipinski definition) is 1. The minimum absolute atomic E-state index is 0.0731. The van der Waals surface area contributed by atoms with Crippen LogP contribution in [0.5, 0.6) is 0 Å². The van der Waals surface area contributed by atoms with Crippen molar-refractivity contribution in [1.29, 1.82) is 0 Å². The van der Waals surface area contributed by atoms with Crippen molar-refractivity contribution in [1.82, 2.24) is 19.4 Å². The van der Waals surface area contributed by atoms with E-state index < -0.39 is 10.0 Å². The Morgan fingerprint density at radius 3 is 2.75 bits per heavy atom. The molecule has 1 atom stereocenters. The third kappa shape index (κ3) is 3.49. The predicted molar refractivity (Wildman–Crippen MR) is 89.0 cm³/mol. The third-order valence-electron chi connectivity index (χ3n) is 4.06. The van der Waals surface area contributed by atoms with Crippen molar-refractivity contribution in [2.75, 3.05) is 13.1 Å². The second kappa shape index (κ2) is 6.74. The van der Waals surface area contributed by atoms with Crippen LogP contribution in [0, 0.1) is 0 Å². The summed E-state index contributed by atoms with van der Waals surface area (Å²) in [6, 6.07) is 8.73. The van der Waals surface area contributed by atoms with Crippen molar-refractivity contribution in [3.8, 4) is 0 Å². The molecule has 2 aromatic rings. The molecule has 1 unspecified atom stereocenters. The average molecular weight is 348 g/mol. The molecule has 1 N–H and O–H groups in total. The minimum atomic E-state index is -3.62. The van der Waals surface area contributed by atoms with E-state index in [9.17, 15) is 13.2 Å². The Bertz CT molecular complexity index is 817. The van der Waals surface area contributed by atoms with Gasteiger partial charge in [0.05, 0.1) is 6.20 Å². The number of nitrogens with zero attached hydrogens (tertiary/aromatic N) is 3. The summed E-state index contributed by atoms with van der Waals surface area (Å²) in [5.74, 6) is -0.0731. The lowest BCUT2D eigenvalue weighted by Gasteiger charge is -2.17. The summed E-state index contributed by atoms with van der Waals surface area (Å²) in [5, 5.41) is 3.99. The number of likely N-dealkylation sites (tertiary alicyclic amines) is 1. The number of benzene rings is 1. The molecule has 1 amide bonds. The van der Waals surface area contributed by atoms with Crippen molar-refractivity contribution in [3.05, 3.63) is 48.3 Å². The smallest absolute Gasteiger partial charge is 0.253 e. The van der Waals surface area contributed by atoms with E-state index in [1.54, 1.807) is 21.7 Å². The average Bonchev–Trinajstić information content (AvgIpc) is 3.24. The van der Waals surface area contributed by atoms with Crippen molar-refractivity contribution in [2.45, 2.75) is 30.8 Å². The Labute approximate surface area is 141 Å². The molecule has 2 heterocycles. The van der Waals surface area contributed by atoms with Crippen LogP contribution >= 0.6 is 0 Å². The van der Waals surface area contributed by atoms with Gasteiger partial charge in [-0.05, 0) is 25.5 Å². The highest BCUT2D eigenvalue weighted by Gasteiger charge is 2.30. The van der Waals surface area contributed by atoms with E-state index in [4.69, 9.17) is 0 Å². The Morgan fingerprint density at radius 1 is 1.33 bits per heavy atom. The summed E-state index contributed by atoms with van der Waals surface area (Å²) in [5.41, 5.74) is 0.616. The maximum absolute atomic E-state index is 12.4. The van der Waals surface area contributed by atoms with Crippen molar-refractivity contribution < 1.29 is 13.2 Å². The van der Waals surface area contributed by atoms with E-state index >= 15 is 0 Å². The van der Waals surface area contributed by atoms with Gasteiger partial charge in [-0.25, -0.2) is 13.1 Å². The lowest BCUT2D eigenvalue weighted by Crippen LogP contribution is -2.38. The number of amides is 1.